The fourth-order valence-electron chi connectivity index (χ4n) is 2.62. The molecule has 3 aromatic rings. The molecule has 1 aromatic carbocycles. The average Bonchev–Trinajstić information content (AvgIpc) is 3.14. The van der Waals surface area contributed by atoms with Gasteiger partial charge in [0.25, 0.3) is 0 Å². The third kappa shape index (κ3) is 3.75. The molecule has 3 rings (SSSR count). The van der Waals surface area contributed by atoms with E-state index in [-0.39, 0.29) is 0 Å². The second-order valence-electron chi connectivity index (χ2n) is 5.50. The van der Waals surface area contributed by atoms with Crippen LogP contribution in [0.15, 0.2) is 41.0 Å². The van der Waals surface area contributed by atoms with Crippen LogP contribution in [0.2, 0.25) is 5.02 Å². The van der Waals surface area contributed by atoms with Crippen molar-refractivity contribution in [2.45, 2.75) is 13.1 Å². The minimum Gasteiger partial charge on any atom is -0.468 e. The van der Waals surface area contributed by atoms with Gasteiger partial charge in [0.15, 0.2) is 0 Å². The summed E-state index contributed by atoms with van der Waals surface area (Å²) in [5.74, 6) is 1.92. The van der Waals surface area contributed by atoms with Crippen LogP contribution in [0.4, 0.5) is 0 Å². The molecule has 23 heavy (non-hydrogen) atoms. The fraction of sp³-hybridized carbons (Fsp3) is 0.353. The van der Waals surface area contributed by atoms with E-state index in [2.05, 4.69) is 9.47 Å². The van der Waals surface area contributed by atoms with Crippen LogP contribution in [0.3, 0.4) is 0 Å². The monoisotopic (exact) mass is 333 g/mol. The Balaban J connectivity index is 1.82. The first kappa shape index (κ1) is 16.1. The first-order valence-electron chi connectivity index (χ1n) is 7.52. The summed E-state index contributed by atoms with van der Waals surface area (Å²) in [6.07, 6.45) is 1.70. The van der Waals surface area contributed by atoms with Crippen molar-refractivity contribution in [3.05, 3.63) is 53.2 Å². The average molecular weight is 334 g/mol. The van der Waals surface area contributed by atoms with Gasteiger partial charge in [-0.1, -0.05) is 11.6 Å². The van der Waals surface area contributed by atoms with E-state index in [0.29, 0.717) is 18.2 Å². The lowest BCUT2D eigenvalue weighted by molar-refractivity contribution is 0.133. The molecule has 0 unspecified atom stereocenters. The second kappa shape index (κ2) is 7.17. The maximum absolute atomic E-state index is 6.06. The molecule has 0 radical (unpaired) electrons. The van der Waals surface area contributed by atoms with Crippen molar-refractivity contribution in [1.82, 2.24) is 14.5 Å². The Hall–Kier alpha value is -1.82. The Kier molecular flexibility index (Phi) is 5.00. The highest BCUT2D eigenvalue weighted by Gasteiger charge is 2.14. The van der Waals surface area contributed by atoms with E-state index in [0.717, 1.165) is 35.7 Å². The Morgan fingerprint density at radius 2 is 2.17 bits per heavy atom. The maximum Gasteiger partial charge on any atom is 0.123 e. The summed E-state index contributed by atoms with van der Waals surface area (Å²) in [5.41, 5.74) is 1.99. The molecule has 0 fully saturated rings. The Morgan fingerprint density at radius 3 is 2.91 bits per heavy atom. The Morgan fingerprint density at radius 1 is 1.30 bits per heavy atom. The lowest BCUT2D eigenvalue weighted by Crippen LogP contribution is -2.27. The number of nitrogens with zero attached hydrogens (tertiary/aromatic N) is 3. The van der Waals surface area contributed by atoms with Crippen LogP contribution in [0, 0.1) is 0 Å². The fourth-order valence-corrected chi connectivity index (χ4v) is 2.79. The van der Waals surface area contributed by atoms with Gasteiger partial charge in [-0.2, -0.15) is 0 Å². The Labute approximate surface area is 140 Å². The molecular formula is C17H20ClN3O2. The van der Waals surface area contributed by atoms with Gasteiger partial charge in [-0.25, -0.2) is 4.98 Å². The summed E-state index contributed by atoms with van der Waals surface area (Å²) in [7, 11) is 3.74. The summed E-state index contributed by atoms with van der Waals surface area (Å²) in [4.78, 5) is 6.97. The third-order valence-electron chi connectivity index (χ3n) is 3.87. The number of hydrogen-bond donors (Lipinski definition) is 0. The largest absolute Gasteiger partial charge is 0.468 e. The van der Waals surface area contributed by atoms with Gasteiger partial charge in [-0.15, -0.1) is 0 Å². The van der Waals surface area contributed by atoms with Gasteiger partial charge in [-0.05, 0) is 30.3 Å². The molecule has 0 atom stereocenters. The number of aryl methyl sites for hydroxylation is 1. The van der Waals surface area contributed by atoms with Crippen LogP contribution in [0.5, 0.6) is 0 Å². The maximum atomic E-state index is 6.06. The van der Waals surface area contributed by atoms with Gasteiger partial charge in [0, 0.05) is 25.7 Å². The minimum atomic E-state index is 0.663. The number of fused-ring (bicyclic) bond motifs is 1. The molecule has 0 amide bonds. The standard InChI is InChI=1S/C17H20ClN3O2/c1-20-16-6-5-13(18)10-15(16)19-17(20)12-21(7-9-22-2)11-14-4-3-8-23-14/h3-6,8,10H,7,9,11-12H2,1-2H3. The van der Waals surface area contributed by atoms with Crippen molar-refractivity contribution >= 4 is 22.6 Å². The topological polar surface area (TPSA) is 43.4 Å². The van der Waals surface area contributed by atoms with Crippen molar-refractivity contribution in [2.75, 3.05) is 20.3 Å². The van der Waals surface area contributed by atoms with Crippen molar-refractivity contribution in [3.63, 3.8) is 0 Å². The number of aromatic nitrogens is 2. The zero-order chi connectivity index (χ0) is 16.2. The molecule has 0 spiro atoms. The number of furan rings is 1. The number of benzene rings is 1. The minimum absolute atomic E-state index is 0.663. The lowest BCUT2D eigenvalue weighted by atomic mass is 10.3. The second-order valence-corrected chi connectivity index (χ2v) is 5.94. The van der Waals surface area contributed by atoms with Crippen LogP contribution >= 0.6 is 11.6 Å². The molecule has 2 heterocycles. The van der Waals surface area contributed by atoms with Crippen LogP contribution in [0.1, 0.15) is 11.6 Å². The summed E-state index contributed by atoms with van der Waals surface area (Å²) in [5, 5.41) is 0.703. The smallest absolute Gasteiger partial charge is 0.123 e. The molecule has 0 aliphatic rings. The van der Waals surface area contributed by atoms with Crippen molar-refractivity contribution in [3.8, 4) is 0 Å². The molecule has 0 bridgehead atoms. The molecule has 0 aliphatic carbocycles. The number of rotatable bonds is 7. The van der Waals surface area contributed by atoms with Gasteiger partial charge in [0.2, 0.25) is 0 Å². The van der Waals surface area contributed by atoms with Crippen molar-refractivity contribution in [2.24, 2.45) is 7.05 Å². The quantitative estimate of drug-likeness (QED) is 0.664. The van der Waals surface area contributed by atoms with E-state index in [1.807, 2.05) is 37.4 Å². The van der Waals surface area contributed by atoms with Crippen LogP contribution in [0.25, 0.3) is 11.0 Å². The predicted octanol–water partition coefficient (Wildman–Crippen LogP) is 3.47. The number of imidazole rings is 1. The zero-order valence-electron chi connectivity index (χ0n) is 13.3. The number of hydrogen-bond acceptors (Lipinski definition) is 4. The number of methoxy groups -OCH3 is 1. The first-order chi connectivity index (χ1) is 11.2. The molecule has 0 aliphatic heterocycles. The SMILES string of the molecule is COCCN(Cc1ccco1)Cc1nc2cc(Cl)ccc2n1C. The van der Waals surface area contributed by atoms with E-state index in [1.54, 1.807) is 13.4 Å². The summed E-state index contributed by atoms with van der Waals surface area (Å²) >= 11 is 6.06. The van der Waals surface area contributed by atoms with E-state index < -0.39 is 0 Å². The summed E-state index contributed by atoms with van der Waals surface area (Å²) in [6, 6.07) is 9.67. The summed E-state index contributed by atoms with van der Waals surface area (Å²) in [6.45, 7) is 2.91. The van der Waals surface area contributed by atoms with Gasteiger partial charge in [0.05, 0.1) is 37.0 Å². The third-order valence-corrected chi connectivity index (χ3v) is 4.11. The van der Waals surface area contributed by atoms with Gasteiger partial charge < -0.3 is 13.7 Å². The van der Waals surface area contributed by atoms with Crippen LogP contribution < -0.4 is 0 Å². The highest BCUT2D eigenvalue weighted by atomic mass is 35.5. The molecule has 2 aromatic heterocycles. The highest BCUT2D eigenvalue weighted by molar-refractivity contribution is 6.31. The van der Waals surface area contributed by atoms with E-state index in [4.69, 9.17) is 25.7 Å². The number of halogens is 1. The molecule has 5 nitrogen and oxygen atoms in total. The van der Waals surface area contributed by atoms with Crippen LogP contribution in [-0.2, 0) is 24.9 Å². The van der Waals surface area contributed by atoms with Crippen molar-refractivity contribution < 1.29 is 9.15 Å². The van der Waals surface area contributed by atoms with Gasteiger partial charge >= 0.3 is 0 Å². The molecule has 122 valence electrons. The molecule has 6 heteroatoms. The first-order valence-corrected chi connectivity index (χ1v) is 7.89. The molecule has 0 saturated heterocycles. The highest BCUT2D eigenvalue weighted by Crippen LogP contribution is 2.20. The van der Waals surface area contributed by atoms with Crippen molar-refractivity contribution in [1.29, 1.82) is 0 Å². The predicted molar refractivity (Wildman–Crippen MR) is 90.4 cm³/mol. The Bertz CT molecular complexity index is 768. The lowest BCUT2D eigenvalue weighted by Gasteiger charge is -2.20. The number of ether oxygens (including phenoxy) is 1. The van der Waals surface area contributed by atoms with E-state index >= 15 is 0 Å². The van der Waals surface area contributed by atoms with Crippen LogP contribution in [-0.4, -0.2) is 34.7 Å². The van der Waals surface area contributed by atoms with E-state index in [1.165, 1.54) is 0 Å². The molecule has 0 saturated carbocycles. The summed E-state index contributed by atoms with van der Waals surface area (Å²) < 4.78 is 12.8. The van der Waals surface area contributed by atoms with E-state index in [9.17, 15) is 0 Å². The van der Waals surface area contributed by atoms with Gasteiger partial charge in [0.1, 0.15) is 11.6 Å². The molecular weight excluding hydrogens is 314 g/mol. The van der Waals surface area contributed by atoms with Gasteiger partial charge in [-0.3, -0.25) is 4.90 Å². The normalized spacial score (nSPS) is 11.7. The molecule has 0 N–H and O–H groups in total. The zero-order valence-corrected chi connectivity index (χ0v) is 14.1.